The minimum atomic E-state index is -0.587. The van der Waals surface area contributed by atoms with E-state index in [-0.39, 0.29) is 0 Å². The third-order valence-electron chi connectivity index (χ3n) is 2.97. The van der Waals surface area contributed by atoms with Crippen molar-refractivity contribution >= 4 is 5.69 Å². The predicted octanol–water partition coefficient (Wildman–Crippen LogP) is 3.16. The van der Waals surface area contributed by atoms with Gasteiger partial charge in [-0.1, -0.05) is 12.1 Å². The van der Waals surface area contributed by atoms with Gasteiger partial charge in [-0.15, -0.1) is 0 Å². The standard InChI is InChI=1S/C15H12F2N4/c16-12-5-11(6-13(17)7-12)8-19-14-3-1-2-4-15(14)21-10-18-9-20-21/h1-7,9-10,19H,8H2. The lowest BCUT2D eigenvalue weighted by atomic mass is 10.2. The first kappa shape index (κ1) is 13.2. The number of para-hydroxylation sites is 2. The molecule has 1 N–H and O–H groups in total. The van der Waals surface area contributed by atoms with Gasteiger partial charge >= 0.3 is 0 Å². The largest absolute Gasteiger partial charge is 0.379 e. The zero-order chi connectivity index (χ0) is 14.7. The summed E-state index contributed by atoms with van der Waals surface area (Å²) >= 11 is 0. The van der Waals surface area contributed by atoms with Crippen LogP contribution in [0.5, 0.6) is 0 Å². The third-order valence-corrected chi connectivity index (χ3v) is 2.97. The van der Waals surface area contributed by atoms with E-state index in [1.165, 1.54) is 18.5 Å². The normalized spacial score (nSPS) is 10.6. The highest BCUT2D eigenvalue weighted by atomic mass is 19.1. The number of aromatic nitrogens is 3. The molecule has 3 aromatic rings. The topological polar surface area (TPSA) is 42.7 Å². The first-order chi connectivity index (χ1) is 10.2. The van der Waals surface area contributed by atoms with E-state index in [9.17, 15) is 8.78 Å². The average Bonchev–Trinajstić information content (AvgIpc) is 2.98. The Bertz CT molecular complexity index is 721. The minimum absolute atomic E-state index is 0.306. The zero-order valence-electron chi connectivity index (χ0n) is 11.0. The smallest absolute Gasteiger partial charge is 0.138 e. The maximum absolute atomic E-state index is 13.2. The molecule has 1 aromatic heterocycles. The van der Waals surface area contributed by atoms with Crippen LogP contribution in [0.25, 0.3) is 5.69 Å². The van der Waals surface area contributed by atoms with Crippen LogP contribution in [0.2, 0.25) is 0 Å². The highest BCUT2D eigenvalue weighted by Crippen LogP contribution is 2.19. The molecule has 0 saturated heterocycles. The maximum Gasteiger partial charge on any atom is 0.138 e. The van der Waals surface area contributed by atoms with Gasteiger partial charge in [-0.3, -0.25) is 0 Å². The van der Waals surface area contributed by atoms with Crippen molar-refractivity contribution in [1.82, 2.24) is 14.8 Å². The molecular weight excluding hydrogens is 274 g/mol. The second-order valence-electron chi connectivity index (χ2n) is 4.49. The van der Waals surface area contributed by atoms with Gasteiger partial charge < -0.3 is 5.32 Å². The van der Waals surface area contributed by atoms with Crippen molar-refractivity contribution in [2.24, 2.45) is 0 Å². The number of hydrogen-bond donors (Lipinski definition) is 1. The molecule has 2 aromatic carbocycles. The van der Waals surface area contributed by atoms with Crippen molar-refractivity contribution in [3.05, 3.63) is 72.3 Å². The lowest BCUT2D eigenvalue weighted by Crippen LogP contribution is -2.05. The lowest BCUT2D eigenvalue weighted by molar-refractivity contribution is 0.580. The van der Waals surface area contributed by atoms with Gasteiger partial charge in [-0.2, -0.15) is 5.10 Å². The quantitative estimate of drug-likeness (QED) is 0.801. The van der Waals surface area contributed by atoms with Crippen LogP contribution < -0.4 is 5.32 Å². The highest BCUT2D eigenvalue weighted by molar-refractivity contribution is 5.60. The summed E-state index contributed by atoms with van der Waals surface area (Å²) in [6, 6.07) is 10.9. The van der Waals surface area contributed by atoms with E-state index in [1.807, 2.05) is 24.3 Å². The molecule has 1 heterocycles. The second-order valence-corrected chi connectivity index (χ2v) is 4.49. The Hall–Kier alpha value is -2.76. The number of rotatable bonds is 4. The maximum atomic E-state index is 13.2. The van der Waals surface area contributed by atoms with Crippen molar-refractivity contribution in [1.29, 1.82) is 0 Å². The van der Waals surface area contributed by atoms with Gasteiger partial charge in [0.05, 0.1) is 11.4 Å². The summed E-state index contributed by atoms with van der Waals surface area (Å²) in [6.45, 7) is 0.306. The van der Waals surface area contributed by atoms with Crippen molar-refractivity contribution in [3.63, 3.8) is 0 Å². The van der Waals surface area contributed by atoms with Crippen LogP contribution in [0.1, 0.15) is 5.56 Å². The Kier molecular flexibility index (Phi) is 3.59. The van der Waals surface area contributed by atoms with Gasteiger partial charge in [0, 0.05) is 12.6 Å². The molecule has 0 spiro atoms. The van der Waals surface area contributed by atoms with Crippen LogP contribution in [0, 0.1) is 11.6 Å². The van der Waals surface area contributed by atoms with Crippen LogP contribution >= 0.6 is 0 Å². The van der Waals surface area contributed by atoms with Crippen molar-refractivity contribution in [3.8, 4) is 5.69 Å². The van der Waals surface area contributed by atoms with E-state index >= 15 is 0 Å². The van der Waals surface area contributed by atoms with E-state index in [1.54, 1.807) is 11.0 Å². The summed E-state index contributed by atoms with van der Waals surface area (Å²) in [4.78, 5) is 3.91. The summed E-state index contributed by atoms with van der Waals surface area (Å²) in [5, 5.41) is 7.23. The fraction of sp³-hybridized carbons (Fsp3) is 0.0667. The van der Waals surface area contributed by atoms with E-state index in [0.29, 0.717) is 12.1 Å². The van der Waals surface area contributed by atoms with Crippen molar-refractivity contribution < 1.29 is 8.78 Å². The molecule has 0 saturated carbocycles. The molecule has 0 bridgehead atoms. The number of hydrogen-bond acceptors (Lipinski definition) is 3. The third kappa shape index (κ3) is 3.05. The molecule has 0 aliphatic carbocycles. The number of nitrogens with one attached hydrogen (secondary N) is 1. The number of anilines is 1. The Balaban J connectivity index is 1.82. The summed E-state index contributed by atoms with van der Waals surface area (Å²) in [5.41, 5.74) is 2.14. The van der Waals surface area contributed by atoms with Gasteiger partial charge in [-0.05, 0) is 29.8 Å². The number of halogens is 2. The van der Waals surface area contributed by atoms with E-state index in [2.05, 4.69) is 15.4 Å². The van der Waals surface area contributed by atoms with E-state index in [0.717, 1.165) is 17.4 Å². The van der Waals surface area contributed by atoms with Gasteiger partial charge in [0.15, 0.2) is 0 Å². The second kappa shape index (κ2) is 5.70. The van der Waals surface area contributed by atoms with Crippen LogP contribution in [-0.4, -0.2) is 14.8 Å². The van der Waals surface area contributed by atoms with Gasteiger partial charge in [0.25, 0.3) is 0 Å². The Morgan fingerprint density at radius 1 is 1.05 bits per heavy atom. The lowest BCUT2D eigenvalue weighted by Gasteiger charge is -2.11. The van der Waals surface area contributed by atoms with Crippen molar-refractivity contribution in [2.75, 3.05) is 5.32 Å². The fourth-order valence-corrected chi connectivity index (χ4v) is 2.07. The van der Waals surface area contributed by atoms with E-state index in [4.69, 9.17) is 0 Å². The molecule has 4 nitrogen and oxygen atoms in total. The Labute approximate surface area is 120 Å². The van der Waals surface area contributed by atoms with Crippen molar-refractivity contribution in [2.45, 2.75) is 6.54 Å². The predicted molar refractivity (Wildman–Crippen MR) is 75.0 cm³/mol. The first-order valence-corrected chi connectivity index (χ1v) is 6.35. The summed E-state index contributed by atoms with van der Waals surface area (Å²) in [5.74, 6) is -1.17. The molecule has 0 atom stereocenters. The van der Waals surface area contributed by atoms with E-state index < -0.39 is 11.6 Å². The summed E-state index contributed by atoms with van der Waals surface area (Å²) in [6.07, 6.45) is 3.03. The molecular formula is C15H12F2N4. The first-order valence-electron chi connectivity index (χ1n) is 6.35. The molecule has 3 rings (SSSR count). The number of nitrogens with zero attached hydrogens (tertiary/aromatic N) is 3. The van der Waals surface area contributed by atoms with Crippen LogP contribution in [0.4, 0.5) is 14.5 Å². The fourth-order valence-electron chi connectivity index (χ4n) is 2.07. The molecule has 6 heteroatoms. The molecule has 21 heavy (non-hydrogen) atoms. The zero-order valence-corrected chi connectivity index (χ0v) is 11.0. The van der Waals surface area contributed by atoms with Gasteiger partial charge in [0.1, 0.15) is 24.3 Å². The molecule has 0 amide bonds. The number of benzene rings is 2. The van der Waals surface area contributed by atoms with Crippen LogP contribution in [0.3, 0.4) is 0 Å². The summed E-state index contributed by atoms with van der Waals surface area (Å²) in [7, 11) is 0. The summed E-state index contributed by atoms with van der Waals surface area (Å²) < 4.78 is 28.0. The molecule has 0 aliphatic heterocycles. The SMILES string of the molecule is Fc1cc(F)cc(CNc2ccccc2-n2cncn2)c1. The molecule has 0 unspecified atom stereocenters. The highest BCUT2D eigenvalue weighted by Gasteiger charge is 2.05. The monoisotopic (exact) mass is 286 g/mol. The molecule has 0 radical (unpaired) electrons. The van der Waals surface area contributed by atoms with Gasteiger partial charge in [-0.25, -0.2) is 18.4 Å². The average molecular weight is 286 g/mol. The molecule has 0 aliphatic rings. The molecule has 0 fully saturated rings. The van der Waals surface area contributed by atoms with Crippen LogP contribution in [0.15, 0.2) is 55.1 Å². The van der Waals surface area contributed by atoms with Gasteiger partial charge in [0.2, 0.25) is 0 Å². The van der Waals surface area contributed by atoms with Crippen LogP contribution in [-0.2, 0) is 6.54 Å². The Morgan fingerprint density at radius 3 is 2.52 bits per heavy atom. The minimum Gasteiger partial charge on any atom is -0.379 e. The molecule has 106 valence electrons. The Morgan fingerprint density at radius 2 is 1.81 bits per heavy atom.